The lowest BCUT2D eigenvalue weighted by atomic mass is 9.49. The molecule has 4 saturated carbocycles. The molecule has 0 radical (unpaired) electrons. The Bertz CT molecular complexity index is 1900. The van der Waals surface area contributed by atoms with Crippen molar-refractivity contribution >= 4 is 5.91 Å². The summed E-state index contributed by atoms with van der Waals surface area (Å²) >= 11 is 0. The maximum Gasteiger partial charge on any atom is 0.267 e. The van der Waals surface area contributed by atoms with Gasteiger partial charge in [0.05, 0.1) is 42.9 Å². The Morgan fingerprint density at radius 2 is 1.59 bits per heavy atom. The number of nitrogens with zero attached hydrogens (tertiary/aromatic N) is 6. The topological polar surface area (TPSA) is 114 Å². The van der Waals surface area contributed by atoms with Crippen LogP contribution in [0.5, 0.6) is 5.75 Å². The highest BCUT2D eigenvalue weighted by atomic mass is 16.5. The minimum Gasteiger partial charge on any atom is -0.490 e. The number of piperidine rings is 1. The predicted octanol–water partition coefficient (Wildman–Crippen LogP) is 6.51. The summed E-state index contributed by atoms with van der Waals surface area (Å²) in [4.78, 5) is 37.3. The van der Waals surface area contributed by atoms with E-state index in [9.17, 15) is 14.9 Å². The quantitative estimate of drug-likeness (QED) is 0.202. The van der Waals surface area contributed by atoms with E-state index in [0.29, 0.717) is 46.7 Å². The van der Waals surface area contributed by atoms with Crippen LogP contribution >= 0.6 is 0 Å². The molecule has 4 aliphatic carbocycles. The molecular formula is C40H42N6O3. The molecule has 2 aromatic carbocycles. The van der Waals surface area contributed by atoms with Crippen LogP contribution in [-0.4, -0.2) is 50.3 Å². The Hall–Kier alpha value is -4.84. The van der Waals surface area contributed by atoms with Gasteiger partial charge in [-0.3, -0.25) is 9.59 Å². The smallest absolute Gasteiger partial charge is 0.267 e. The van der Waals surface area contributed by atoms with Gasteiger partial charge in [0.15, 0.2) is 11.6 Å². The first-order valence-electron chi connectivity index (χ1n) is 17.8. The molecular weight excluding hydrogens is 612 g/mol. The Kier molecular flexibility index (Phi) is 8.48. The van der Waals surface area contributed by atoms with Crippen molar-refractivity contribution in [3.63, 3.8) is 0 Å². The molecule has 3 heterocycles. The SMILES string of the molecule is N#Cc1cccc(-c2ccc(=O)n(Cc3cccc(-c4ncc(OCC5CCN(C(=O)CC67CC8CC(CC(C8)C6)C7)CC5)cn4)c3)n2)c1. The molecule has 0 atom stereocenters. The molecule has 4 aromatic rings. The number of ether oxygens (including phenoxy) is 1. The van der Waals surface area contributed by atoms with Gasteiger partial charge < -0.3 is 9.64 Å². The molecule has 0 spiro atoms. The summed E-state index contributed by atoms with van der Waals surface area (Å²) in [6.07, 6.45) is 14.2. The van der Waals surface area contributed by atoms with E-state index in [0.717, 1.165) is 66.8 Å². The first kappa shape index (κ1) is 31.4. The predicted molar refractivity (Wildman–Crippen MR) is 185 cm³/mol. The molecule has 9 rings (SSSR count). The van der Waals surface area contributed by atoms with Crippen LogP contribution in [0.15, 0.2) is 77.9 Å². The molecule has 9 nitrogen and oxygen atoms in total. The first-order chi connectivity index (χ1) is 23.9. The highest BCUT2D eigenvalue weighted by molar-refractivity contribution is 5.77. The van der Waals surface area contributed by atoms with E-state index >= 15 is 0 Å². The van der Waals surface area contributed by atoms with Gasteiger partial charge in [0.2, 0.25) is 5.91 Å². The highest BCUT2D eigenvalue weighted by Crippen LogP contribution is 2.61. The van der Waals surface area contributed by atoms with Crippen LogP contribution < -0.4 is 10.3 Å². The Morgan fingerprint density at radius 1 is 0.898 bits per heavy atom. The van der Waals surface area contributed by atoms with Gasteiger partial charge in [-0.05, 0) is 110 Å². The largest absolute Gasteiger partial charge is 0.490 e. The molecule has 2 aromatic heterocycles. The van der Waals surface area contributed by atoms with Crippen molar-refractivity contribution in [2.24, 2.45) is 29.1 Å². The molecule has 250 valence electrons. The van der Waals surface area contributed by atoms with Crippen molar-refractivity contribution in [3.8, 4) is 34.5 Å². The monoisotopic (exact) mass is 654 g/mol. The lowest BCUT2D eigenvalue weighted by molar-refractivity contribution is -0.141. The number of hydrogen-bond donors (Lipinski definition) is 0. The third kappa shape index (κ3) is 6.87. The second-order valence-electron chi connectivity index (χ2n) is 15.1. The lowest BCUT2D eigenvalue weighted by Crippen LogP contribution is -2.49. The normalized spacial score (nSPS) is 24.5. The molecule has 5 aliphatic rings. The molecule has 0 unspecified atom stereocenters. The number of carbonyl (C=O) groups is 1. The highest BCUT2D eigenvalue weighted by Gasteiger charge is 2.51. The maximum atomic E-state index is 13.4. The zero-order valence-electron chi connectivity index (χ0n) is 27.8. The van der Waals surface area contributed by atoms with Crippen molar-refractivity contribution in [2.75, 3.05) is 19.7 Å². The Labute approximate surface area is 287 Å². The maximum absolute atomic E-state index is 13.4. The fourth-order valence-electron chi connectivity index (χ4n) is 9.49. The van der Waals surface area contributed by atoms with E-state index in [4.69, 9.17) is 4.74 Å². The summed E-state index contributed by atoms with van der Waals surface area (Å²) in [6, 6.07) is 20.3. The summed E-state index contributed by atoms with van der Waals surface area (Å²) in [6.45, 7) is 2.53. The van der Waals surface area contributed by atoms with Crippen molar-refractivity contribution in [2.45, 2.75) is 64.3 Å². The lowest BCUT2D eigenvalue weighted by Gasteiger charge is -2.57. The number of likely N-dealkylation sites (tertiary alicyclic amines) is 1. The van der Waals surface area contributed by atoms with E-state index in [1.54, 1.807) is 36.7 Å². The third-order valence-corrected chi connectivity index (χ3v) is 11.4. The summed E-state index contributed by atoms with van der Waals surface area (Å²) in [5.74, 6) is 4.64. The minimum atomic E-state index is -0.210. The molecule has 49 heavy (non-hydrogen) atoms. The molecule has 0 N–H and O–H groups in total. The van der Waals surface area contributed by atoms with Crippen molar-refractivity contribution in [1.82, 2.24) is 24.6 Å². The van der Waals surface area contributed by atoms with Crippen LogP contribution in [0.3, 0.4) is 0 Å². The van der Waals surface area contributed by atoms with Gasteiger partial charge in [-0.2, -0.15) is 10.4 Å². The fraction of sp³-hybridized carbons (Fsp3) is 0.450. The first-order valence-corrected chi connectivity index (χ1v) is 17.8. The van der Waals surface area contributed by atoms with Crippen LogP contribution in [-0.2, 0) is 11.3 Å². The molecule has 1 amide bonds. The average molecular weight is 655 g/mol. The Balaban J connectivity index is 0.838. The van der Waals surface area contributed by atoms with E-state index in [2.05, 4.69) is 26.0 Å². The number of amides is 1. The number of nitriles is 1. The van der Waals surface area contributed by atoms with Crippen LogP contribution in [0.2, 0.25) is 0 Å². The van der Waals surface area contributed by atoms with Crippen LogP contribution in [0.4, 0.5) is 0 Å². The number of carbonyl (C=O) groups excluding carboxylic acids is 1. The van der Waals surface area contributed by atoms with Crippen molar-refractivity contribution < 1.29 is 9.53 Å². The van der Waals surface area contributed by atoms with E-state index in [1.165, 1.54) is 49.3 Å². The van der Waals surface area contributed by atoms with E-state index in [1.807, 2.05) is 30.3 Å². The van der Waals surface area contributed by atoms with E-state index in [-0.39, 0.29) is 12.1 Å². The summed E-state index contributed by atoms with van der Waals surface area (Å²) < 4.78 is 7.53. The summed E-state index contributed by atoms with van der Waals surface area (Å²) in [5.41, 5.74) is 3.75. The Morgan fingerprint density at radius 3 is 2.31 bits per heavy atom. The number of benzene rings is 2. The molecule has 4 bridgehead atoms. The van der Waals surface area contributed by atoms with Gasteiger partial charge in [0.25, 0.3) is 5.56 Å². The molecule has 1 saturated heterocycles. The summed E-state index contributed by atoms with van der Waals surface area (Å²) in [7, 11) is 0. The second kappa shape index (κ2) is 13.2. The van der Waals surface area contributed by atoms with Gasteiger partial charge >= 0.3 is 0 Å². The van der Waals surface area contributed by atoms with Gasteiger partial charge in [-0.1, -0.05) is 30.3 Å². The van der Waals surface area contributed by atoms with Gasteiger partial charge in [-0.25, -0.2) is 14.6 Å². The van der Waals surface area contributed by atoms with Gasteiger partial charge in [0, 0.05) is 36.7 Å². The van der Waals surface area contributed by atoms with E-state index < -0.39 is 0 Å². The van der Waals surface area contributed by atoms with Crippen LogP contribution in [0.1, 0.15) is 68.9 Å². The van der Waals surface area contributed by atoms with Gasteiger partial charge in [0.1, 0.15) is 0 Å². The molecule has 5 fully saturated rings. The van der Waals surface area contributed by atoms with Crippen LogP contribution in [0.25, 0.3) is 22.6 Å². The molecule has 9 heteroatoms. The second-order valence-corrected chi connectivity index (χ2v) is 15.1. The third-order valence-electron chi connectivity index (χ3n) is 11.4. The van der Waals surface area contributed by atoms with Crippen LogP contribution in [0, 0.1) is 40.4 Å². The number of rotatable bonds is 9. The number of hydrogen-bond acceptors (Lipinski definition) is 7. The van der Waals surface area contributed by atoms with Gasteiger partial charge in [-0.15, -0.1) is 0 Å². The average Bonchev–Trinajstić information content (AvgIpc) is 3.11. The zero-order chi connectivity index (χ0) is 33.4. The van der Waals surface area contributed by atoms with Crippen molar-refractivity contribution in [3.05, 3.63) is 94.5 Å². The summed E-state index contributed by atoms with van der Waals surface area (Å²) in [5, 5.41) is 13.8. The molecule has 1 aliphatic heterocycles. The van der Waals surface area contributed by atoms with Crippen molar-refractivity contribution in [1.29, 1.82) is 5.26 Å². The fourth-order valence-corrected chi connectivity index (χ4v) is 9.49. The number of aromatic nitrogens is 4. The standard InChI is InChI=1S/C40H42N6O3/c41-22-28-3-1-5-33(16-28)36-7-8-37(47)46(44-36)25-29-4-2-6-34(17-29)39-42-23-35(24-43-39)49-26-27-9-11-45(12-10-27)38(48)21-40-18-30-13-31(19-40)15-32(14-30)20-40/h1-8,16-17,23-24,27,30-32H,9-15,18-21,25-26H2. The minimum absolute atomic E-state index is 0.210. The zero-order valence-corrected chi connectivity index (χ0v) is 27.8.